The Balaban J connectivity index is 1.55. The van der Waals surface area contributed by atoms with Gasteiger partial charge in [-0.3, -0.25) is 9.78 Å². The highest BCUT2D eigenvalue weighted by atomic mass is 16.5. The van der Waals surface area contributed by atoms with Gasteiger partial charge in [0.25, 0.3) is 0 Å². The van der Waals surface area contributed by atoms with Crippen molar-refractivity contribution in [2.24, 2.45) is 0 Å². The largest absolute Gasteiger partial charge is 0.339 e. The summed E-state index contributed by atoms with van der Waals surface area (Å²) in [5.41, 5.74) is 0.825. The SMILES string of the molecule is CC(C)n1cnnc1CN(C)C(=O)CCc1nc(-c2ccncc2)no1. The lowest BCUT2D eigenvalue weighted by Gasteiger charge is -2.18. The fourth-order valence-corrected chi connectivity index (χ4v) is 2.49. The van der Waals surface area contributed by atoms with E-state index < -0.39 is 0 Å². The van der Waals surface area contributed by atoms with Crippen LogP contribution in [0.5, 0.6) is 0 Å². The van der Waals surface area contributed by atoms with Crippen LogP contribution in [0.3, 0.4) is 0 Å². The molecule has 0 unspecified atom stereocenters. The standard InChI is InChI=1S/C17H21N7O2/c1-12(2)24-11-19-21-14(24)10-23(3)16(25)5-4-15-20-17(22-26-15)13-6-8-18-9-7-13/h6-9,11-12H,4-5,10H2,1-3H3. The van der Waals surface area contributed by atoms with Gasteiger partial charge in [0.15, 0.2) is 5.82 Å². The number of aromatic nitrogens is 6. The van der Waals surface area contributed by atoms with Crippen molar-refractivity contribution in [2.75, 3.05) is 7.05 Å². The second-order valence-corrected chi connectivity index (χ2v) is 6.25. The van der Waals surface area contributed by atoms with E-state index in [4.69, 9.17) is 4.52 Å². The van der Waals surface area contributed by atoms with Crippen LogP contribution in [0.2, 0.25) is 0 Å². The lowest BCUT2D eigenvalue weighted by Crippen LogP contribution is -2.28. The van der Waals surface area contributed by atoms with Gasteiger partial charge in [0.1, 0.15) is 6.33 Å². The van der Waals surface area contributed by atoms with Crippen molar-refractivity contribution in [2.45, 2.75) is 39.3 Å². The van der Waals surface area contributed by atoms with E-state index in [1.54, 1.807) is 42.8 Å². The van der Waals surface area contributed by atoms with Crippen molar-refractivity contribution >= 4 is 5.91 Å². The van der Waals surface area contributed by atoms with Gasteiger partial charge < -0.3 is 14.0 Å². The summed E-state index contributed by atoms with van der Waals surface area (Å²) in [4.78, 5) is 22.3. The van der Waals surface area contributed by atoms with E-state index in [0.717, 1.165) is 11.4 Å². The minimum atomic E-state index is -0.0213. The van der Waals surface area contributed by atoms with Crippen LogP contribution in [0, 0.1) is 0 Å². The molecular formula is C17H21N7O2. The molecular weight excluding hydrogens is 334 g/mol. The molecule has 9 nitrogen and oxygen atoms in total. The summed E-state index contributed by atoms with van der Waals surface area (Å²) in [5, 5.41) is 11.9. The Morgan fingerprint density at radius 1 is 1.31 bits per heavy atom. The second kappa shape index (κ2) is 7.85. The monoisotopic (exact) mass is 355 g/mol. The number of carbonyl (C=O) groups excluding carboxylic acids is 1. The highest BCUT2D eigenvalue weighted by Crippen LogP contribution is 2.15. The number of pyridine rings is 1. The number of amides is 1. The molecule has 0 atom stereocenters. The van der Waals surface area contributed by atoms with Crippen molar-refractivity contribution < 1.29 is 9.32 Å². The molecule has 3 aromatic heterocycles. The van der Waals surface area contributed by atoms with Crippen LogP contribution in [-0.2, 0) is 17.8 Å². The molecule has 0 N–H and O–H groups in total. The second-order valence-electron chi connectivity index (χ2n) is 6.25. The molecule has 0 spiro atoms. The fraction of sp³-hybridized carbons (Fsp3) is 0.412. The van der Waals surface area contributed by atoms with Gasteiger partial charge in [0.05, 0.1) is 6.54 Å². The summed E-state index contributed by atoms with van der Waals surface area (Å²) >= 11 is 0. The normalized spacial score (nSPS) is 11.1. The summed E-state index contributed by atoms with van der Waals surface area (Å²) in [7, 11) is 1.75. The molecule has 0 aliphatic heterocycles. The van der Waals surface area contributed by atoms with Crippen LogP contribution in [0.15, 0.2) is 35.4 Å². The van der Waals surface area contributed by atoms with E-state index in [9.17, 15) is 4.79 Å². The summed E-state index contributed by atoms with van der Waals surface area (Å²) in [6.07, 6.45) is 5.68. The van der Waals surface area contributed by atoms with Crippen LogP contribution in [-0.4, -0.2) is 47.7 Å². The Labute approximate surface area is 151 Å². The molecule has 0 bridgehead atoms. The van der Waals surface area contributed by atoms with E-state index >= 15 is 0 Å². The molecule has 0 radical (unpaired) electrons. The zero-order chi connectivity index (χ0) is 18.5. The van der Waals surface area contributed by atoms with Crippen molar-refractivity contribution in [3.63, 3.8) is 0 Å². The predicted molar refractivity (Wildman–Crippen MR) is 92.7 cm³/mol. The van der Waals surface area contributed by atoms with Gasteiger partial charge in [-0.05, 0) is 26.0 Å². The fourth-order valence-electron chi connectivity index (χ4n) is 2.49. The molecule has 0 saturated heterocycles. The first kappa shape index (κ1) is 17.7. The Morgan fingerprint density at radius 2 is 2.08 bits per heavy atom. The van der Waals surface area contributed by atoms with Crippen molar-refractivity contribution in [3.8, 4) is 11.4 Å². The first-order chi connectivity index (χ1) is 12.5. The molecule has 0 fully saturated rings. The zero-order valence-corrected chi connectivity index (χ0v) is 15.0. The van der Waals surface area contributed by atoms with Gasteiger partial charge in [-0.2, -0.15) is 4.98 Å². The van der Waals surface area contributed by atoms with E-state index in [2.05, 4.69) is 25.3 Å². The van der Waals surface area contributed by atoms with Crippen molar-refractivity contribution in [1.82, 2.24) is 34.8 Å². The lowest BCUT2D eigenvalue weighted by atomic mass is 10.2. The van der Waals surface area contributed by atoms with Gasteiger partial charge in [0, 0.05) is 43.9 Å². The highest BCUT2D eigenvalue weighted by Gasteiger charge is 2.16. The molecule has 3 heterocycles. The maximum Gasteiger partial charge on any atom is 0.227 e. The van der Waals surface area contributed by atoms with E-state index in [-0.39, 0.29) is 18.4 Å². The van der Waals surface area contributed by atoms with Crippen LogP contribution in [0.4, 0.5) is 0 Å². The number of nitrogens with zero attached hydrogens (tertiary/aromatic N) is 7. The smallest absolute Gasteiger partial charge is 0.227 e. The lowest BCUT2D eigenvalue weighted by molar-refractivity contribution is -0.130. The Kier molecular flexibility index (Phi) is 5.35. The molecule has 3 rings (SSSR count). The molecule has 1 amide bonds. The first-order valence-electron chi connectivity index (χ1n) is 8.40. The molecule has 9 heteroatoms. The number of aryl methyl sites for hydroxylation is 1. The van der Waals surface area contributed by atoms with Crippen LogP contribution < -0.4 is 0 Å². The molecule has 0 aliphatic carbocycles. The highest BCUT2D eigenvalue weighted by molar-refractivity contribution is 5.75. The summed E-state index contributed by atoms with van der Waals surface area (Å²) in [5.74, 6) is 1.66. The minimum Gasteiger partial charge on any atom is -0.339 e. The molecule has 26 heavy (non-hydrogen) atoms. The van der Waals surface area contributed by atoms with Crippen molar-refractivity contribution in [3.05, 3.63) is 42.6 Å². The van der Waals surface area contributed by atoms with E-state index in [0.29, 0.717) is 24.7 Å². The van der Waals surface area contributed by atoms with Gasteiger partial charge in [0.2, 0.25) is 17.6 Å². The number of hydrogen-bond acceptors (Lipinski definition) is 7. The Morgan fingerprint density at radius 3 is 2.81 bits per heavy atom. The Hall–Kier alpha value is -3.10. The quantitative estimate of drug-likeness (QED) is 0.637. The number of carbonyl (C=O) groups is 1. The average Bonchev–Trinajstić information content (AvgIpc) is 3.29. The van der Waals surface area contributed by atoms with Crippen LogP contribution in [0.25, 0.3) is 11.4 Å². The first-order valence-corrected chi connectivity index (χ1v) is 8.40. The van der Waals surface area contributed by atoms with Gasteiger partial charge in [-0.1, -0.05) is 5.16 Å². The van der Waals surface area contributed by atoms with Gasteiger partial charge >= 0.3 is 0 Å². The zero-order valence-electron chi connectivity index (χ0n) is 15.0. The molecule has 0 aliphatic rings. The predicted octanol–water partition coefficient (Wildman–Crippen LogP) is 1.90. The Bertz CT molecular complexity index is 857. The molecule has 0 aromatic carbocycles. The third kappa shape index (κ3) is 4.11. The maximum absolute atomic E-state index is 12.4. The summed E-state index contributed by atoms with van der Waals surface area (Å²) in [6.45, 7) is 4.50. The third-order valence-corrected chi connectivity index (χ3v) is 3.97. The van der Waals surface area contributed by atoms with Crippen LogP contribution in [0.1, 0.15) is 38.0 Å². The summed E-state index contributed by atoms with van der Waals surface area (Å²) in [6, 6.07) is 3.85. The van der Waals surface area contributed by atoms with Crippen molar-refractivity contribution in [1.29, 1.82) is 0 Å². The third-order valence-electron chi connectivity index (χ3n) is 3.97. The minimum absolute atomic E-state index is 0.0213. The van der Waals surface area contributed by atoms with E-state index in [1.807, 2.05) is 18.4 Å². The van der Waals surface area contributed by atoms with Crippen LogP contribution >= 0.6 is 0 Å². The summed E-state index contributed by atoms with van der Waals surface area (Å²) < 4.78 is 7.17. The molecule has 136 valence electrons. The maximum atomic E-state index is 12.4. The van der Waals surface area contributed by atoms with Gasteiger partial charge in [-0.15, -0.1) is 10.2 Å². The number of hydrogen-bond donors (Lipinski definition) is 0. The number of rotatable bonds is 7. The average molecular weight is 355 g/mol. The topological polar surface area (TPSA) is 103 Å². The molecule has 0 saturated carbocycles. The van der Waals surface area contributed by atoms with E-state index in [1.165, 1.54) is 0 Å². The molecule has 3 aromatic rings. The van der Waals surface area contributed by atoms with Gasteiger partial charge in [-0.25, -0.2) is 0 Å².